The van der Waals surface area contributed by atoms with E-state index in [-0.39, 0.29) is 30.3 Å². The molecular weight excluding hydrogens is 234 g/mol. The zero-order chi connectivity index (χ0) is 13.7. The summed E-state index contributed by atoms with van der Waals surface area (Å²) in [6.45, 7) is 5.89. The van der Waals surface area contributed by atoms with E-state index < -0.39 is 0 Å². The van der Waals surface area contributed by atoms with Crippen LogP contribution in [0.2, 0.25) is 0 Å². The molecule has 0 saturated heterocycles. The van der Waals surface area contributed by atoms with Gasteiger partial charge < -0.3 is 10.1 Å². The maximum Gasteiger partial charge on any atom is 0.327 e. The van der Waals surface area contributed by atoms with Crippen molar-refractivity contribution in [2.45, 2.75) is 27.3 Å². The van der Waals surface area contributed by atoms with E-state index in [1.54, 1.807) is 6.20 Å². The number of esters is 1. The van der Waals surface area contributed by atoms with Crippen molar-refractivity contribution in [3.63, 3.8) is 0 Å². The van der Waals surface area contributed by atoms with Crippen molar-refractivity contribution in [3.05, 3.63) is 12.4 Å². The van der Waals surface area contributed by atoms with Crippen LogP contribution in [0.1, 0.15) is 20.8 Å². The number of nitrogens with one attached hydrogen (secondary N) is 1. The number of ether oxygens (including phenoxy) is 1. The maximum absolute atomic E-state index is 11.8. The molecule has 1 N–H and O–H groups in total. The summed E-state index contributed by atoms with van der Waals surface area (Å²) in [5.74, 6) is -0.238. The van der Waals surface area contributed by atoms with Crippen LogP contribution in [0.15, 0.2) is 12.4 Å². The van der Waals surface area contributed by atoms with E-state index in [1.165, 1.54) is 18.0 Å². The average Bonchev–Trinajstić information content (AvgIpc) is 2.74. The van der Waals surface area contributed by atoms with Gasteiger partial charge in [-0.05, 0) is 5.92 Å². The van der Waals surface area contributed by atoms with Gasteiger partial charge in [-0.25, -0.2) is 0 Å². The summed E-state index contributed by atoms with van der Waals surface area (Å²) in [5.41, 5.74) is 0.580. The number of methoxy groups -OCH3 is 1. The first-order valence-electron chi connectivity index (χ1n) is 5.84. The van der Waals surface area contributed by atoms with E-state index in [0.29, 0.717) is 5.69 Å². The molecule has 1 heterocycles. The van der Waals surface area contributed by atoms with Crippen LogP contribution in [-0.4, -0.2) is 28.8 Å². The highest BCUT2D eigenvalue weighted by Gasteiger charge is 2.17. The van der Waals surface area contributed by atoms with E-state index in [0.717, 1.165) is 0 Å². The third kappa shape index (κ3) is 3.87. The minimum Gasteiger partial charge on any atom is -0.468 e. The standard InChI is InChI=1S/C12H19N3O3/c1-8(2)9(3)12(17)14-10-5-13-15(6-10)7-11(16)18-4/h5-6,8-9H,7H2,1-4H3,(H,14,17). The monoisotopic (exact) mass is 253 g/mol. The smallest absolute Gasteiger partial charge is 0.327 e. The van der Waals surface area contributed by atoms with Crippen LogP contribution in [0.5, 0.6) is 0 Å². The van der Waals surface area contributed by atoms with Crippen LogP contribution in [0.25, 0.3) is 0 Å². The Kier molecular flexibility index (Phi) is 4.88. The van der Waals surface area contributed by atoms with E-state index in [1.807, 2.05) is 20.8 Å². The molecule has 0 aliphatic rings. The molecule has 1 aromatic heterocycles. The summed E-state index contributed by atoms with van der Waals surface area (Å²) in [5, 5.41) is 6.72. The quantitative estimate of drug-likeness (QED) is 0.802. The molecule has 0 aliphatic carbocycles. The van der Waals surface area contributed by atoms with E-state index in [2.05, 4.69) is 15.2 Å². The predicted molar refractivity (Wildman–Crippen MR) is 66.9 cm³/mol. The molecule has 0 bridgehead atoms. The highest BCUT2D eigenvalue weighted by Crippen LogP contribution is 2.13. The number of anilines is 1. The molecular formula is C12H19N3O3. The van der Waals surface area contributed by atoms with Gasteiger partial charge >= 0.3 is 5.97 Å². The lowest BCUT2D eigenvalue weighted by Gasteiger charge is -2.14. The van der Waals surface area contributed by atoms with Gasteiger partial charge in [-0.2, -0.15) is 5.10 Å². The van der Waals surface area contributed by atoms with Crippen LogP contribution in [-0.2, 0) is 20.9 Å². The minimum absolute atomic E-state index is 0.0338. The summed E-state index contributed by atoms with van der Waals surface area (Å²) in [6.07, 6.45) is 3.11. The topological polar surface area (TPSA) is 73.2 Å². The lowest BCUT2D eigenvalue weighted by Crippen LogP contribution is -2.24. The zero-order valence-electron chi connectivity index (χ0n) is 11.1. The van der Waals surface area contributed by atoms with Crippen LogP contribution < -0.4 is 5.32 Å². The highest BCUT2D eigenvalue weighted by atomic mass is 16.5. The summed E-state index contributed by atoms with van der Waals surface area (Å²) in [7, 11) is 1.32. The second-order valence-electron chi connectivity index (χ2n) is 4.52. The number of aromatic nitrogens is 2. The summed E-state index contributed by atoms with van der Waals surface area (Å²) < 4.78 is 5.95. The lowest BCUT2D eigenvalue weighted by molar-refractivity contribution is -0.141. The molecule has 0 fully saturated rings. The van der Waals surface area contributed by atoms with Gasteiger partial charge in [-0.15, -0.1) is 0 Å². The summed E-state index contributed by atoms with van der Waals surface area (Å²) in [6, 6.07) is 0. The van der Waals surface area contributed by atoms with E-state index in [4.69, 9.17) is 0 Å². The Morgan fingerprint density at radius 3 is 2.67 bits per heavy atom. The second kappa shape index (κ2) is 6.18. The van der Waals surface area contributed by atoms with Gasteiger partial charge in [0.1, 0.15) is 6.54 Å². The van der Waals surface area contributed by atoms with Crippen molar-refractivity contribution in [2.75, 3.05) is 12.4 Å². The minimum atomic E-state index is -0.383. The molecule has 6 nitrogen and oxygen atoms in total. The molecule has 0 aliphatic heterocycles. The van der Waals surface area contributed by atoms with Crippen molar-refractivity contribution in [1.29, 1.82) is 0 Å². The number of rotatable bonds is 5. The van der Waals surface area contributed by atoms with E-state index >= 15 is 0 Å². The molecule has 18 heavy (non-hydrogen) atoms. The average molecular weight is 253 g/mol. The largest absolute Gasteiger partial charge is 0.468 e. The maximum atomic E-state index is 11.8. The van der Waals surface area contributed by atoms with Gasteiger partial charge in [0, 0.05) is 12.1 Å². The number of nitrogens with zero attached hydrogens (tertiary/aromatic N) is 2. The van der Waals surface area contributed by atoms with Crippen LogP contribution >= 0.6 is 0 Å². The third-order valence-corrected chi connectivity index (χ3v) is 2.83. The number of hydrogen-bond donors (Lipinski definition) is 1. The Morgan fingerprint density at radius 2 is 2.11 bits per heavy atom. The molecule has 0 radical (unpaired) electrons. The third-order valence-electron chi connectivity index (χ3n) is 2.83. The first-order chi connectivity index (χ1) is 8.43. The summed E-state index contributed by atoms with van der Waals surface area (Å²) in [4.78, 5) is 22.8. The van der Waals surface area contributed by atoms with Crippen molar-refractivity contribution >= 4 is 17.6 Å². The fraction of sp³-hybridized carbons (Fsp3) is 0.583. The van der Waals surface area contributed by atoms with Gasteiger partial charge in [-0.3, -0.25) is 14.3 Å². The van der Waals surface area contributed by atoms with Crippen molar-refractivity contribution < 1.29 is 14.3 Å². The number of hydrogen-bond acceptors (Lipinski definition) is 4. The molecule has 0 aromatic carbocycles. The molecule has 0 spiro atoms. The first kappa shape index (κ1) is 14.2. The molecule has 1 rings (SSSR count). The summed E-state index contributed by atoms with van der Waals surface area (Å²) >= 11 is 0. The van der Waals surface area contributed by atoms with Gasteiger partial charge in [0.2, 0.25) is 5.91 Å². The molecule has 100 valence electrons. The van der Waals surface area contributed by atoms with Crippen LogP contribution in [0.4, 0.5) is 5.69 Å². The Hall–Kier alpha value is -1.85. The predicted octanol–water partition coefficient (Wildman–Crippen LogP) is 1.29. The normalized spacial score (nSPS) is 12.3. The Labute approximate surface area is 106 Å². The van der Waals surface area contributed by atoms with Crippen molar-refractivity contribution in [2.24, 2.45) is 11.8 Å². The van der Waals surface area contributed by atoms with Gasteiger partial charge in [0.05, 0.1) is 19.0 Å². The molecule has 1 unspecified atom stereocenters. The molecule has 1 amide bonds. The fourth-order valence-corrected chi connectivity index (χ4v) is 1.27. The number of carbonyl (C=O) groups excluding carboxylic acids is 2. The van der Waals surface area contributed by atoms with Gasteiger partial charge in [-0.1, -0.05) is 20.8 Å². The fourth-order valence-electron chi connectivity index (χ4n) is 1.27. The van der Waals surface area contributed by atoms with Crippen molar-refractivity contribution in [1.82, 2.24) is 9.78 Å². The number of carbonyl (C=O) groups is 2. The Morgan fingerprint density at radius 1 is 1.44 bits per heavy atom. The van der Waals surface area contributed by atoms with Gasteiger partial charge in [0.15, 0.2) is 0 Å². The Balaban J connectivity index is 2.59. The van der Waals surface area contributed by atoms with Crippen LogP contribution in [0.3, 0.4) is 0 Å². The van der Waals surface area contributed by atoms with Crippen molar-refractivity contribution in [3.8, 4) is 0 Å². The zero-order valence-corrected chi connectivity index (χ0v) is 11.1. The SMILES string of the molecule is COC(=O)Cn1cc(NC(=O)C(C)C(C)C)cn1. The molecule has 1 atom stereocenters. The highest BCUT2D eigenvalue weighted by molar-refractivity contribution is 5.92. The second-order valence-corrected chi connectivity index (χ2v) is 4.52. The van der Waals surface area contributed by atoms with Crippen LogP contribution in [0, 0.1) is 11.8 Å². The number of amides is 1. The first-order valence-corrected chi connectivity index (χ1v) is 5.84. The molecule has 1 aromatic rings. The molecule has 6 heteroatoms. The lowest BCUT2D eigenvalue weighted by atomic mass is 9.97. The Bertz CT molecular complexity index is 426. The van der Waals surface area contributed by atoms with E-state index in [9.17, 15) is 9.59 Å². The molecule has 0 saturated carbocycles. The van der Waals surface area contributed by atoms with Gasteiger partial charge in [0.25, 0.3) is 0 Å².